The van der Waals surface area contributed by atoms with Gasteiger partial charge in [-0.05, 0) is 35.9 Å². The van der Waals surface area contributed by atoms with Crippen LogP contribution < -0.4 is 10.2 Å². The molecular formula is C16H14N4O2. The molecule has 3 rings (SSSR count). The van der Waals surface area contributed by atoms with Gasteiger partial charge in [0.25, 0.3) is 5.91 Å². The van der Waals surface area contributed by atoms with E-state index in [-0.39, 0.29) is 5.91 Å². The minimum absolute atomic E-state index is 0.282. The molecule has 0 spiro atoms. The monoisotopic (exact) mass is 294 g/mol. The topological polar surface area (TPSA) is 79.4 Å². The first kappa shape index (κ1) is 13.8. The van der Waals surface area contributed by atoms with Gasteiger partial charge in [0.2, 0.25) is 0 Å². The summed E-state index contributed by atoms with van der Waals surface area (Å²) in [5.41, 5.74) is 5.47. The molecule has 0 aliphatic carbocycles. The second kappa shape index (κ2) is 6.09. The Morgan fingerprint density at radius 1 is 1.32 bits per heavy atom. The van der Waals surface area contributed by atoms with Crippen LogP contribution in [-0.2, 0) is 0 Å². The van der Waals surface area contributed by atoms with Gasteiger partial charge in [-0.2, -0.15) is 5.10 Å². The van der Waals surface area contributed by atoms with Gasteiger partial charge < -0.3 is 9.72 Å². The smallest absolute Gasteiger partial charge is 0.271 e. The average molecular weight is 294 g/mol. The Balaban J connectivity index is 1.69. The number of nitrogens with one attached hydrogen (secondary N) is 2. The van der Waals surface area contributed by atoms with Gasteiger partial charge in [-0.25, -0.2) is 10.4 Å². The molecule has 0 unspecified atom stereocenters. The molecule has 0 fully saturated rings. The number of fused-ring (bicyclic) bond motifs is 1. The fourth-order valence-corrected chi connectivity index (χ4v) is 2.03. The molecular weight excluding hydrogens is 280 g/mol. The third-order valence-electron chi connectivity index (χ3n) is 3.16. The van der Waals surface area contributed by atoms with Crippen molar-refractivity contribution in [2.24, 2.45) is 5.10 Å². The van der Waals surface area contributed by atoms with Crippen molar-refractivity contribution in [3.05, 3.63) is 59.9 Å². The van der Waals surface area contributed by atoms with Crippen LogP contribution in [0.15, 0.2) is 53.9 Å². The number of imidazole rings is 1. The van der Waals surface area contributed by atoms with Crippen LogP contribution in [0.25, 0.3) is 11.0 Å². The van der Waals surface area contributed by atoms with E-state index in [4.69, 9.17) is 4.74 Å². The van der Waals surface area contributed by atoms with Crippen molar-refractivity contribution in [2.75, 3.05) is 7.11 Å². The molecule has 6 heteroatoms. The van der Waals surface area contributed by atoms with Gasteiger partial charge in [0.1, 0.15) is 5.75 Å². The molecule has 2 aromatic carbocycles. The molecule has 0 aliphatic rings. The number of H-pyrrole nitrogens is 1. The molecule has 1 amide bonds. The van der Waals surface area contributed by atoms with Gasteiger partial charge in [0, 0.05) is 5.56 Å². The van der Waals surface area contributed by atoms with Crippen LogP contribution in [0.1, 0.15) is 15.9 Å². The Hall–Kier alpha value is -3.15. The SMILES string of the molecule is COc1cccc(C=NNC(=O)c2ccc3nc[nH]c3c2)c1. The van der Waals surface area contributed by atoms with Gasteiger partial charge in [-0.1, -0.05) is 12.1 Å². The lowest BCUT2D eigenvalue weighted by Crippen LogP contribution is -2.17. The Morgan fingerprint density at radius 2 is 2.23 bits per heavy atom. The molecule has 22 heavy (non-hydrogen) atoms. The predicted molar refractivity (Wildman–Crippen MR) is 84.1 cm³/mol. The Kier molecular flexibility index (Phi) is 3.82. The number of amides is 1. The highest BCUT2D eigenvalue weighted by Gasteiger charge is 2.06. The van der Waals surface area contributed by atoms with Crippen LogP contribution in [-0.4, -0.2) is 29.2 Å². The number of aromatic nitrogens is 2. The zero-order valence-electron chi connectivity index (χ0n) is 11.9. The van der Waals surface area contributed by atoms with E-state index in [2.05, 4.69) is 20.5 Å². The maximum absolute atomic E-state index is 12.0. The number of aromatic amines is 1. The second-order valence-corrected chi connectivity index (χ2v) is 4.61. The van der Waals surface area contributed by atoms with Crippen LogP contribution in [0.3, 0.4) is 0 Å². The number of carbonyl (C=O) groups is 1. The summed E-state index contributed by atoms with van der Waals surface area (Å²) < 4.78 is 5.13. The first-order chi connectivity index (χ1) is 10.8. The molecule has 110 valence electrons. The fourth-order valence-electron chi connectivity index (χ4n) is 2.03. The van der Waals surface area contributed by atoms with Crippen LogP contribution in [0.4, 0.5) is 0 Å². The number of hydrogen-bond acceptors (Lipinski definition) is 4. The quantitative estimate of drug-likeness (QED) is 0.572. The zero-order chi connectivity index (χ0) is 15.4. The number of carbonyl (C=O) groups excluding carboxylic acids is 1. The molecule has 2 N–H and O–H groups in total. The van der Waals surface area contributed by atoms with Crippen molar-refractivity contribution in [1.29, 1.82) is 0 Å². The highest BCUT2D eigenvalue weighted by molar-refractivity contribution is 5.97. The van der Waals surface area contributed by atoms with E-state index in [1.807, 2.05) is 24.3 Å². The standard InChI is InChI=1S/C16H14N4O2/c1-22-13-4-2-3-11(7-13)9-19-20-16(21)12-5-6-14-15(8-12)18-10-17-14/h2-10H,1H3,(H,17,18)(H,20,21). The summed E-state index contributed by atoms with van der Waals surface area (Å²) in [7, 11) is 1.60. The van der Waals surface area contributed by atoms with E-state index in [0.717, 1.165) is 22.3 Å². The number of hydrogen-bond donors (Lipinski definition) is 2. The first-order valence-corrected chi connectivity index (χ1v) is 6.67. The van der Waals surface area contributed by atoms with Gasteiger partial charge in [0.05, 0.1) is 30.7 Å². The summed E-state index contributed by atoms with van der Waals surface area (Å²) in [6.07, 6.45) is 3.16. The minimum atomic E-state index is -0.282. The van der Waals surface area contributed by atoms with E-state index in [1.165, 1.54) is 0 Å². The van der Waals surface area contributed by atoms with Gasteiger partial charge >= 0.3 is 0 Å². The Bertz CT molecular complexity index is 839. The highest BCUT2D eigenvalue weighted by Crippen LogP contribution is 2.12. The van der Waals surface area contributed by atoms with Crippen molar-refractivity contribution in [3.8, 4) is 5.75 Å². The number of rotatable bonds is 4. The molecule has 1 aromatic heterocycles. The summed E-state index contributed by atoms with van der Waals surface area (Å²) in [6.45, 7) is 0. The van der Waals surface area contributed by atoms with Crippen LogP contribution >= 0.6 is 0 Å². The summed E-state index contributed by atoms with van der Waals surface area (Å²) in [6, 6.07) is 12.6. The van der Waals surface area contributed by atoms with Gasteiger partial charge in [-0.15, -0.1) is 0 Å². The van der Waals surface area contributed by atoms with Gasteiger partial charge in [0.15, 0.2) is 0 Å². The third-order valence-corrected chi connectivity index (χ3v) is 3.16. The molecule has 0 saturated carbocycles. The summed E-state index contributed by atoms with van der Waals surface area (Å²) in [5.74, 6) is 0.454. The first-order valence-electron chi connectivity index (χ1n) is 6.67. The predicted octanol–water partition coefficient (Wildman–Crippen LogP) is 2.34. The number of benzene rings is 2. The Morgan fingerprint density at radius 3 is 3.09 bits per heavy atom. The van der Waals surface area contributed by atoms with Crippen molar-refractivity contribution in [2.45, 2.75) is 0 Å². The van der Waals surface area contributed by atoms with E-state index in [0.29, 0.717) is 5.56 Å². The third kappa shape index (κ3) is 2.95. The maximum Gasteiger partial charge on any atom is 0.271 e. The molecule has 0 aliphatic heterocycles. The number of ether oxygens (including phenoxy) is 1. The van der Waals surface area contributed by atoms with Crippen molar-refractivity contribution >= 4 is 23.2 Å². The van der Waals surface area contributed by atoms with E-state index in [1.54, 1.807) is 37.9 Å². The molecule has 0 radical (unpaired) electrons. The number of methoxy groups -OCH3 is 1. The zero-order valence-corrected chi connectivity index (χ0v) is 11.9. The largest absolute Gasteiger partial charge is 0.497 e. The van der Waals surface area contributed by atoms with Crippen molar-refractivity contribution in [1.82, 2.24) is 15.4 Å². The van der Waals surface area contributed by atoms with Crippen LogP contribution in [0.2, 0.25) is 0 Å². The molecule has 1 heterocycles. The van der Waals surface area contributed by atoms with Gasteiger partial charge in [-0.3, -0.25) is 4.79 Å². The summed E-state index contributed by atoms with van der Waals surface area (Å²) >= 11 is 0. The van der Waals surface area contributed by atoms with Crippen molar-refractivity contribution < 1.29 is 9.53 Å². The highest BCUT2D eigenvalue weighted by atomic mass is 16.5. The lowest BCUT2D eigenvalue weighted by Gasteiger charge is -2.01. The molecule has 3 aromatic rings. The van der Waals surface area contributed by atoms with Crippen LogP contribution in [0.5, 0.6) is 5.75 Å². The normalized spacial score (nSPS) is 11.0. The number of hydrazone groups is 1. The molecule has 0 atom stereocenters. The average Bonchev–Trinajstić information content (AvgIpc) is 3.02. The van der Waals surface area contributed by atoms with E-state index >= 15 is 0 Å². The van der Waals surface area contributed by atoms with E-state index in [9.17, 15) is 4.79 Å². The lowest BCUT2D eigenvalue weighted by molar-refractivity contribution is 0.0955. The second-order valence-electron chi connectivity index (χ2n) is 4.61. The fraction of sp³-hybridized carbons (Fsp3) is 0.0625. The van der Waals surface area contributed by atoms with Crippen molar-refractivity contribution in [3.63, 3.8) is 0 Å². The molecule has 0 bridgehead atoms. The maximum atomic E-state index is 12.0. The molecule has 6 nitrogen and oxygen atoms in total. The summed E-state index contributed by atoms with van der Waals surface area (Å²) in [5, 5.41) is 3.96. The van der Waals surface area contributed by atoms with E-state index < -0.39 is 0 Å². The minimum Gasteiger partial charge on any atom is -0.497 e. The Labute approximate surface area is 126 Å². The lowest BCUT2D eigenvalue weighted by atomic mass is 10.2. The number of nitrogens with zero attached hydrogens (tertiary/aromatic N) is 2. The van der Waals surface area contributed by atoms with Crippen LogP contribution in [0, 0.1) is 0 Å². The summed E-state index contributed by atoms with van der Waals surface area (Å²) in [4.78, 5) is 19.1. The molecule has 0 saturated heterocycles.